The van der Waals surface area contributed by atoms with Gasteiger partial charge in [0, 0.05) is 11.4 Å². The van der Waals surface area contributed by atoms with Crippen molar-refractivity contribution in [3.8, 4) is 6.07 Å². The number of carbonyl (C=O) groups is 2. The predicted octanol–water partition coefficient (Wildman–Crippen LogP) is 1.89. The highest BCUT2D eigenvalue weighted by Crippen LogP contribution is 2.21. The predicted molar refractivity (Wildman–Crippen MR) is 71.8 cm³/mol. The number of hydrogen-bond acceptors (Lipinski definition) is 5. The number of H-pyrrole nitrogens is 1. The first-order chi connectivity index (χ1) is 9.46. The van der Waals surface area contributed by atoms with Crippen LogP contribution in [0.2, 0.25) is 0 Å². The van der Waals surface area contributed by atoms with E-state index < -0.39 is 11.9 Å². The fourth-order valence-electron chi connectivity index (χ4n) is 1.82. The van der Waals surface area contributed by atoms with Crippen LogP contribution < -0.4 is 0 Å². The van der Waals surface area contributed by atoms with Crippen LogP contribution in [0.25, 0.3) is 6.08 Å². The van der Waals surface area contributed by atoms with Gasteiger partial charge in [0.05, 0.1) is 19.3 Å². The normalized spacial score (nSPS) is 10.8. The van der Waals surface area contributed by atoms with Gasteiger partial charge in [-0.15, -0.1) is 0 Å². The molecule has 0 unspecified atom stereocenters. The first-order valence-corrected chi connectivity index (χ1v) is 6.02. The molecule has 1 aromatic rings. The number of aromatic nitrogens is 1. The van der Waals surface area contributed by atoms with E-state index >= 15 is 0 Å². The fourth-order valence-corrected chi connectivity index (χ4v) is 1.82. The molecule has 1 rings (SSSR count). The van der Waals surface area contributed by atoms with E-state index in [1.54, 1.807) is 26.8 Å². The second kappa shape index (κ2) is 6.57. The van der Waals surface area contributed by atoms with E-state index in [1.165, 1.54) is 13.2 Å². The van der Waals surface area contributed by atoms with E-state index in [0.29, 0.717) is 22.5 Å². The first kappa shape index (κ1) is 15.5. The van der Waals surface area contributed by atoms with E-state index in [1.807, 2.05) is 0 Å². The van der Waals surface area contributed by atoms with Gasteiger partial charge in [0.15, 0.2) is 0 Å². The molecule has 0 atom stereocenters. The van der Waals surface area contributed by atoms with E-state index in [9.17, 15) is 9.59 Å². The van der Waals surface area contributed by atoms with E-state index in [2.05, 4.69) is 9.72 Å². The van der Waals surface area contributed by atoms with Crippen molar-refractivity contribution in [3.63, 3.8) is 0 Å². The maximum Gasteiger partial charge on any atom is 0.348 e. The van der Waals surface area contributed by atoms with Crippen LogP contribution in [-0.4, -0.2) is 30.6 Å². The summed E-state index contributed by atoms with van der Waals surface area (Å²) in [5.74, 6) is -1.16. The summed E-state index contributed by atoms with van der Waals surface area (Å²) in [4.78, 5) is 26.2. The summed E-state index contributed by atoms with van der Waals surface area (Å²) >= 11 is 0. The molecular formula is C14H16N2O4. The van der Waals surface area contributed by atoms with Crippen molar-refractivity contribution in [2.24, 2.45) is 0 Å². The Kier molecular flexibility index (Phi) is 5.09. The molecular weight excluding hydrogens is 260 g/mol. The van der Waals surface area contributed by atoms with Gasteiger partial charge in [-0.05, 0) is 32.4 Å². The number of hydrogen-bond donors (Lipinski definition) is 1. The third kappa shape index (κ3) is 3.06. The van der Waals surface area contributed by atoms with Crippen LogP contribution in [0.1, 0.15) is 34.2 Å². The smallest absolute Gasteiger partial charge is 0.348 e. The van der Waals surface area contributed by atoms with Gasteiger partial charge in [-0.1, -0.05) is 0 Å². The van der Waals surface area contributed by atoms with Gasteiger partial charge >= 0.3 is 11.9 Å². The molecule has 0 amide bonds. The minimum absolute atomic E-state index is 0.146. The SMILES string of the molecule is CCOC(=O)c1c(C)[nH]c(/C=C(\C#N)C(=O)OC)c1C. The van der Waals surface area contributed by atoms with Crippen molar-refractivity contribution in [1.82, 2.24) is 4.98 Å². The molecule has 0 saturated carbocycles. The lowest BCUT2D eigenvalue weighted by Gasteiger charge is -2.02. The topological polar surface area (TPSA) is 92.2 Å². The zero-order valence-electron chi connectivity index (χ0n) is 11.9. The molecule has 0 aromatic carbocycles. The van der Waals surface area contributed by atoms with Crippen LogP contribution in [0.5, 0.6) is 0 Å². The summed E-state index contributed by atoms with van der Waals surface area (Å²) < 4.78 is 9.47. The molecule has 0 aliphatic rings. The van der Waals surface area contributed by atoms with Crippen LogP contribution in [0, 0.1) is 25.2 Å². The number of methoxy groups -OCH3 is 1. The number of nitrogens with one attached hydrogen (secondary N) is 1. The van der Waals surface area contributed by atoms with Gasteiger partial charge in [-0.25, -0.2) is 9.59 Å². The van der Waals surface area contributed by atoms with Gasteiger partial charge < -0.3 is 14.5 Å². The van der Waals surface area contributed by atoms with E-state index in [-0.39, 0.29) is 12.2 Å². The minimum Gasteiger partial charge on any atom is -0.465 e. The highest BCUT2D eigenvalue weighted by atomic mass is 16.5. The summed E-state index contributed by atoms with van der Waals surface area (Å²) in [7, 11) is 1.20. The number of ether oxygens (including phenoxy) is 2. The quantitative estimate of drug-likeness (QED) is 0.515. The third-order valence-electron chi connectivity index (χ3n) is 2.77. The Balaban J connectivity index is 3.26. The largest absolute Gasteiger partial charge is 0.465 e. The Hall–Kier alpha value is -2.55. The molecule has 6 heteroatoms. The number of nitriles is 1. The van der Waals surface area contributed by atoms with Crippen molar-refractivity contribution < 1.29 is 19.1 Å². The molecule has 0 aliphatic heterocycles. The number of nitrogens with zero attached hydrogens (tertiary/aromatic N) is 1. The van der Waals surface area contributed by atoms with Crippen molar-refractivity contribution in [2.75, 3.05) is 13.7 Å². The molecule has 0 fully saturated rings. The van der Waals surface area contributed by atoms with Crippen molar-refractivity contribution in [1.29, 1.82) is 5.26 Å². The molecule has 0 aliphatic carbocycles. The second-order valence-corrected chi connectivity index (χ2v) is 4.05. The number of aryl methyl sites for hydroxylation is 1. The van der Waals surface area contributed by atoms with Gasteiger partial charge in [0.2, 0.25) is 0 Å². The number of esters is 2. The summed E-state index contributed by atoms with van der Waals surface area (Å²) in [6.07, 6.45) is 1.36. The molecule has 1 heterocycles. The average Bonchev–Trinajstić information content (AvgIpc) is 2.70. The molecule has 0 saturated heterocycles. The standard InChI is InChI=1S/C14H16N2O4/c1-5-20-14(18)12-8(2)11(16-9(12)3)6-10(7-15)13(17)19-4/h6,16H,5H2,1-4H3/b10-6+. The van der Waals surface area contributed by atoms with Crippen LogP contribution in [-0.2, 0) is 14.3 Å². The summed E-state index contributed by atoms with van der Waals surface area (Å²) in [6, 6.07) is 1.76. The lowest BCUT2D eigenvalue weighted by atomic mass is 10.1. The van der Waals surface area contributed by atoms with Crippen LogP contribution in [0.4, 0.5) is 0 Å². The minimum atomic E-state index is -0.725. The Morgan fingerprint density at radius 2 is 2.05 bits per heavy atom. The second-order valence-electron chi connectivity index (χ2n) is 4.05. The van der Waals surface area contributed by atoms with Crippen LogP contribution >= 0.6 is 0 Å². The molecule has 20 heavy (non-hydrogen) atoms. The van der Waals surface area contributed by atoms with E-state index in [4.69, 9.17) is 10.00 Å². The molecule has 1 aromatic heterocycles. The summed E-state index contributed by atoms with van der Waals surface area (Å²) in [5, 5.41) is 8.92. The summed E-state index contributed by atoms with van der Waals surface area (Å²) in [6.45, 7) is 5.44. The number of aromatic amines is 1. The zero-order chi connectivity index (χ0) is 15.3. The molecule has 106 valence electrons. The van der Waals surface area contributed by atoms with Gasteiger partial charge in [-0.2, -0.15) is 5.26 Å². The van der Waals surface area contributed by atoms with Crippen molar-refractivity contribution >= 4 is 18.0 Å². The molecule has 1 N–H and O–H groups in total. The lowest BCUT2D eigenvalue weighted by molar-refractivity contribution is -0.135. The maximum absolute atomic E-state index is 11.8. The van der Waals surface area contributed by atoms with Gasteiger partial charge in [0.1, 0.15) is 11.6 Å². The number of carbonyl (C=O) groups excluding carboxylic acids is 2. The monoisotopic (exact) mass is 276 g/mol. The Morgan fingerprint density at radius 1 is 1.40 bits per heavy atom. The zero-order valence-corrected chi connectivity index (χ0v) is 11.9. The molecule has 0 bridgehead atoms. The van der Waals surface area contributed by atoms with Crippen LogP contribution in [0.3, 0.4) is 0 Å². The first-order valence-electron chi connectivity index (χ1n) is 6.02. The molecule has 0 spiro atoms. The van der Waals surface area contributed by atoms with Gasteiger partial charge in [0.25, 0.3) is 0 Å². The Morgan fingerprint density at radius 3 is 2.55 bits per heavy atom. The Bertz CT molecular complexity index is 605. The highest BCUT2D eigenvalue weighted by Gasteiger charge is 2.19. The average molecular weight is 276 g/mol. The van der Waals surface area contributed by atoms with Crippen molar-refractivity contribution in [3.05, 3.63) is 28.1 Å². The molecule has 0 radical (unpaired) electrons. The fraction of sp³-hybridized carbons (Fsp3) is 0.357. The highest BCUT2D eigenvalue weighted by molar-refractivity contribution is 5.99. The lowest BCUT2D eigenvalue weighted by Crippen LogP contribution is -2.06. The number of rotatable bonds is 4. The maximum atomic E-state index is 11.8. The Labute approximate surface area is 117 Å². The third-order valence-corrected chi connectivity index (χ3v) is 2.77. The van der Waals surface area contributed by atoms with E-state index in [0.717, 1.165) is 0 Å². The molecule has 6 nitrogen and oxygen atoms in total. The summed E-state index contributed by atoms with van der Waals surface area (Å²) in [5.41, 5.74) is 2.02. The van der Waals surface area contributed by atoms with Crippen molar-refractivity contribution in [2.45, 2.75) is 20.8 Å². The van der Waals surface area contributed by atoms with Crippen LogP contribution in [0.15, 0.2) is 5.57 Å². The van der Waals surface area contributed by atoms with Gasteiger partial charge in [-0.3, -0.25) is 0 Å².